The van der Waals surface area contributed by atoms with Crippen LogP contribution in [-0.2, 0) is 14.9 Å². The maximum absolute atomic E-state index is 11.1. The Kier molecular flexibility index (Phi) is 6.24. The second kappa shape index (κ2) is 7.69. The lowest BCUT2D eigenvalue weighted by atomic mass is 9.70. The Hall–Kier alpha value is -1.82. The number of carbonyl (C=O) groups is 1. The highest BCUT2D eigenvalue weighted by Gasteiger charge is 2.35. The van der Waals surface area contributed by atoms with Crippen molar-refractivity contribution in [2.45, 2.75) is 45.4 Å². The van der Waals surface area contributed by atoms with Crippen molar-refractivity contribution in [3.8, 4) is 6.07 Å². The quantitative estimate of drug-likeness (QED) is 0.560. The monoisotopic (exact) mass is 273 g/mol. The molecule has 0 amide bonds. The standard InChI is InChI=1S/C17H23NO2/c1-4-16(19)20-12-8-11-17(13-18,14(2)3)15-9-6-5-7-10-15/h5-7,9-10,14H,4,8,11-12H2,1-3H3/t17-/m0/s1. The van der Waals surface area contributed by atoms with E-state index in [0.717, 1.165) is 5.56 Å². The number of benzene rings is 1. The van der Waals surface area contributed by atoms with Crippen molar-refractivity contribution in [3.63, 3.8) is 0 Å². The van der Waals surface area contributed by atoms with Crippen LogP contribution < -0.4 is 0 Å². The maximum Gasteiger partial charge on any atom is 0.305 e. The molecule has 108 valence electrons. The molecule has 0 saturated carbocycles. The van der Waals surface area contributed by atoms with Crippen LogP contribution in [0.5, 0.6) is 0 Å². The SMILES string of the molecule is CCC(=O)OCCC[C@@](C#N)(c1ccccc1)C(C)C. The Balaban J connectivity index is 2.76. The Bertz CT molecular complexity index is 462. The van der Waals surface area contributed by atoms with Gasteiger partial charge in [-0.3, -0.25) is 4.79 Å². The van der Waals surface area contributed by atoms with Crippen molar-refractivity contribution in [1.82, 2.24) is 0 Å². The van der Waals surface area contributed by atoms with Gasteiger partial charge in [0.05, 0.1) is 18.1 Å². The van der Waals surface area contributed by atoms with Crippen molar-refractivity contribution >= 4 is 5.97 Å². The van der Waals surface area contributed by atoms with Crippen LogP contribution in [0.4, 0.5) is 0 Å². The van der Waals surface area contributed by atoms with E-state index in [4.69, 9.17) is 4.74 Å². The minimum atomic E-state index is -0.514. The molecule has 1 rings (SSSR count). The average molecular weight is 273 g/mol. The summed E-state index contributed by atoms with van der Waals surface area (Å²) in [5, 5.41) is 9.70. The zero-order chi connectivity index (χ0) is 15.0. The van der Waals surface area contributed by atoms with Gasteiger partial charge in [0.25, 0.3) is 0 Å². The van der Waals surface area contributed by atoms with Crippen molar-refractivity contribution in [3.05, 3.63) is 35.9 Å². The highest BCUT2D eigenvalue weighted by Crippen LogP contribution is 2.36. The van der Waals surface area contributed by atoms with Crippen molar-refractivity contribution in [2.75, 3.05) is 6.61 Å². The van der Waals surface area contributed by atoms with E-state index >= 15 is 0 Å². The number of rotatable bonds is 7. The lowest BCUT2D eigenvalue weighted by Gasteiger charge is -2.31. The average Bonchev–Trinajstić information content (AvgIpc) is 2.48. The van der Waals surface area contributed by atoms with E-state index in [0.29, 0.717) is 25.9 Å². The summed E-state index contributed by atoms with van der Waals surface area (Å²) < 4.78 is 5.10. The first-order valence-corrected chi connectivity index (χ1v) is 7.19. The molecular weight excluding hydrogens is 250 g/mol. The molecule has 0 aliphatic carbocycles. The predicted molar refractivity (Wildman–Crippen MR) is 79.1 cm³/mol. The van der Waals surface area contributed by atoms with Gasteiger partial charge in [-0.1, -0.05) is 51.1 Å². The zero-order valence-electron chi connectivity index (χ0n) is 12.6. The first-order valence-electron chi connectivity index (χ1n) is 7.19. The molecule has 20 heavy (non-hydrogen) atoms. The second-order valence-corrected chi connectivity index (χ2v) is 5.28. The van der Waals surface area contributed by atoms with Gasteiger partial charge in [-0.05, 0) is 24.3 Å². The molecule has 1 aromatic rings. The van der Waals surface area contributed by atoms with Crippen LogP contribution in [0.2, 0.25) is 0 Å². The van der Waals surface area contributed by atoms with Gasteiger partial charge in [-0.15, -0.1) is 0 Å². The smallest absolute Gasteiger partial charge is 0.305 e. The normalized spacial score (nSPS) is 13.6. The van der Waals surface area contributed by atoms with Crippen molar-refractivity contribution in [1.29, 1.82) is 5.26 Å². The molecule has 0 heterocycles. The molecule has 0 aliphatic heterocycles. The molecule has 1 atom stereocenters. The predicted octanol–water partition coefficient (Wildman–Crippen LogP) is 3.84. The van der Waals surface area contributed by atoms with Crippen LogP contribution in [0.25, 0.3) is 0 Å². The number of hydrogen-bond acceptors (Lipinski definition) is 3. The molecule has 0 N–H and O–H groups in total. The summed E-state index contributed by atoms with van der Waals surface area (Å²) in [5.74, 6) is 0.0218. The van der Waals surface area contributed by atoms with Crippen molar-refractivity contribution < 1.29 is 9.53 Å². The van der Waals surface area contributed by atoms with Gasteiger partial charge in [-0.2, -0.15) is 5.26 Å². The van der Waals surface area contributed by atoms with Gasteiger partial charge in [0, 0.05) is 6.42 Å². The number of hydrogen-bond donors (Lipinski definition) is 0. The molecule has 0 spiro atoms. The largest absolute Gasteiger partial charge is 0.466 e. The first kappa shape index (κ1) is 16.2. The minimum Gasteiger partial charge on any atom is -0.466 e. The Morgan fingerprint density at radius 3 is 2.50 bits per heavy atom. The summed E-state index contributed by atoms with van der Waals surface area (Å²) in [6, 6.07) is 12.4. The summed E-state index contributed by atoms with van der Waals surface area (Å²) in [7, 11) is 0. The van der Waals surface area contributed by atoms with E-state index < -0.39 is 5.41 Å². The summed E-state index contributed by atoms with van der Waals surface area (Å²) in [5.41, 5.74) is 0.527. The molecule has 1 aromatic carbocycles. The summed E-state index contributed by atoms with van der Waals surface area (Å²) in [4.78, 5) is 11.1. The van der Waals surface area contributed by atoms with Gasteiger partial charge in [0.1, 0.15) is 0 Å². The third-order valence-electron chi connectivity index (χ3n) is 3.74. The molecule has 0 fully saturated rings. The summed E-state index contributed by atoms with van der Waals surface area (Å²) in [6.07, 6.45) is 1.79. The number of esters is 1. The fraction of sp³-hybridized carbons (Fsp3) is 0.529. The summed E-state index contributed by atoms with van der Waals surface area (Å²) >= 11 is 0. The Morgan fingerprint density at radius 1 is 1.35 bits per heavy atom. The van der Waals surface area contributed by atoms with Gasteiger partial charge in [0.15, 0.2) is 0 Å². The molecular formula is C17H23NO2. The van der Waals surface area contributed by atoms with Crippen LogP contribution in [0, 0.1) is 17.2 Å². The minimum absolute atomic E-state index is 0.184. The van der Waals surface area contributed by atoms with E-state index in [-0.39, 0.29) is 11.9 Å². The number of carbonyl (C=O) groups excluding carboxylic acids is 1. The Morgan fingerprint density at radius 2 is 2.00 bits per heavy atom. The number of nitrogens with zero attached hydrogens (tertiary/aromatic N) is 1. The molecule has 0 aliphatic rings. The molecule has 3 heteroatoms. The topological polar surface area (TPSA) is 50.1 Å². The van der Waals surface area contributed by atoms with Crippen LogP contribution in [0.1, 0.15) is 45.6 Å². The lowest BCUT2D eigenvalue weighted by Crippen LogP contribution is -2.31. The highest BCUT2D eigenvalue weighted by atomic mass is 16.5. The number of ether oxygens (including phenoxy) is 1. The molecule has 0 bridgehead atoms. The van der Waals surface area contributed by atoms with E-state index in [9.17, 15) is 10.1 Å². The molecule has 0 aromatic heterocycles. The fourth-order valence-electron chi connectivity index (χ4n) is 2.39. The molecule has 3 nitrogen and oxygen atoms in total. The number of nitriles is 1. The van der Waals surface area contributed by atoms with Gasteiger partial charge < -0.3 is 4.74 Å². The van der Waals surface area contributed by atoms with Crippen LogP contribution in [0.3, 0.4) is 0 Å². The molecule has 0 unspecified atom stereocenters. The third kappa shape index (κ3) is 3.84. The second-order valence-electron chi connectivity index (χ2n) is 5.28. The molecule has 0 radical (unpaired) electrons. The van der Waals surface area contributed by atoms with Crippen molar-refractivity contribution in [2.24, 2.45) is 5.92 Å². The summed E-state index contributed by atoms with van der Waals surface area (Å²) in [6.45, 7) is 6.29. The third-order valence-corrected chi connectivity index (χ3v) is 3.74. The highest BCUT2D eigenvalue weighted by molar-refractivity contribution is 5.68. The van der Waals surface area contributed by atoms with E-state index in [1.165, 1.54) is 0 Å². The fourth-order valence-corrected chi connectivity index (χ4v) is 2.39. The van der Waals surface area contributed by atoms with E-state index in [2.05, 4.69) is 19.9 Å². The van der Waals surface area contributed by atoms with E-state index in [1.807, 2.05) is 30.3 Å². The molecule has 0 saturated heterocycles. The van der Waals surface area contributed by atoms with Gasteiger partial charge >= 0.3 is 5.97 Å². The van der Waals surface area contributed by atoms with Gasteiger partial charge in [0.2, 0.25) is 0 Å². The lowest BCUT2D eigenvalue weighted by molar-refractivity contribution is -0.143. The zero-order valence-corrected chi connectivity index (χ0v) is 12.6. The van der Waals surface area contributed by atoms with Crippen LogP contribution in [0.15, 0.2) is 30.3 Å². The van der Waals surface area contributed by atoms with Crippen LogP contribution >= 0.6 is 0 Å². The van der Waals surface area contributed by atoms with Crippen LogP contribution in [-0.4, -0.2) is 12.6 Å². The Labute approximate surface area is 121 Å². The first-order chi connectivity index (χ1) is 9.56. The maximum atomic E-state index is 11.1. The van der Waals surface area contributed by atoms with Gasteiger partial charge in [-0.25, -0.2) is 0 Å². The van der Waals surface area contributed by atoms with E-state index in [1.54, 1.807) is 6.92 Å².